The molecule has 0 fully saturated rings. The number of rotatable bonds is 4. The van der Waals surface area contributed by atoms with E-state index in [9.17, 15) is 13.2 Å². The number of fused-ring (bicyclic) bond motifs is 1. The quantitative estimate of drug-likeness (QED) is 0.769. The molecule has 0 unspecified atom stereocenters. The molecule has 2 aromatic carbocycles. The summed E-state index contributed by atoms with van der Waals surface area (Å²) in [5.41, 5.74) is 2.68. The van der Waals surface area contributed by atoms with Crippen molar-refractivity contribution in [3.63, 3.8) is 0 Å². The molecule has 0 saturated carbocycles. The Balaban J connectivity index is 1.75. The minimum Gasteiger partial charge on any atom is -0.347 e. The van der Waals surface area contributed by atoms with Crippen molar-refractivity contribution in [2.24, 2.45) is 0 Å². The Morgan fingerprint density at radius 1 is 1.00 bits per heavy atom. The second kappa shape index (κ2) is 6.74. The van der Waals surface area contributed by atoms with E-state index in [2.05, 4.69) is 15.4 Å². The van der Waals surface area contributed by atoms with E-state index in [4.69, 9.17) is 0 Å². The summed E-state index contributed by atoms with van der Waals surface area (Å²) in [5.74, 6) is -0.196. The highest BCUT2D eigenvalue weighted by Crippen LogP contribution is 2.22. The van der Waals surface area contributed by atoms with Gasteiger partial charge in [-0.25, -0.2) is 8.42 Å². The van der Waals surface area contributed by atoms with Crippen LogP contribution in [0, 0.1) is 0 Å². The van der Waals surface area contributed by atoms with Gasteiger partial charge in [-0.15, -0.1) is 0 Å². The zero-order chi connectivity index (χ0) is 18.9. The first kappa shape index (κ1) is 18.4. The molecule has 6 nitrogen and oxygen atoms in total. The van der Waals surface area contributed by atoms with Crippen LogP contribution in [-0.2, 0) is 23.1 Å². The van der Waals surface area contributed by atoms with E-state index in [1.807, 2.05) is 26.8 Å². The summed E-state index contributed by atoms with van der Waals surface area (Å²) in [4.78, 5) is 12.4. The summed E-state index contributed by atoms with van der Waals surface area (Å²) >= 11 is 0. The largest absolute Gasteiger partial charge is 0.347 e. The fraction of sp³-hybridized carbons (Fsp3) is 0.316. The van der Waals surface area contributed by atoms with Crippen molar-refractivity contribution in [1.82, 2.24) is 10.6 Å². The van der Waals surface area contributed by atoms with Crippen LogP contribution in [0.3, 0.4) is 0 Å². The van der Waals surface area contributed by atoms with Gasteiger partial charge in [0.25, 0.3) is 15.9 Å². The monoisotopic (exact) mass is 373 g/mol. The van der Waals surface area contributed by atoms with Gasteiger partial charge >= 0.3 is 0 Å². The minimum atomic E-state index is -3.68. The summed E-state index contributed by atoms with van der Waals surface area (Å²) in [6.07, 6.45) is 0. The van der Waals surface area contributed by atoms with Crippen LogP contribution in [0.25, 0.3) is 0 Å². The van der Waals surface area contributed by atoms with Crippen molar-refractivity contribution >= 4 is 21.6 Å². The molecule has 1 aliphatic rings. The molecule has 138 valence electrons. The molecule has 3 N–H and O–H groups in total. The molecule has 0 aliphatic carbocycles. The Morgan fingerprint density at radius 3 is 2.31 bits per heavy atom. The highest BCUT2D eigenvalue weighted by atomic mass is 32.2. The van der Waals surface area contributed by atoms with Crippen LogP contribution >= 0.6 is 0 Å². The Bertz CT molecular complexity index is 929. The lowest BCUT2D eigenvalue weighted by molar-refractivity contribution is 0.0919. The van der Waals surface area contributed by atoms with E-state index < -0.39 is 10.0 Å². The van der Waals surface area contributed by atoms with Gasteiger partial charge < -0.3 is 10.6 Å². The lowest BCUT2D eigenvalue weighted by Crippen LogP contribution is -2.40. The van der Waals surface area contributed by atoms with Gasteiger partial charge in [0, 0.05) is 29.9 Å². The standard InChI is InChI=1S/C19H23N3O3S/c1-19(2,3)21-18(23)13-4-7-16(8-5-13)22-26(24,25)17-9-6-14-11-20-12-15(14)10-17/h4-10,20,22H,11-12H2,1-3H3,(H,21,23). The summed E-state index contributed by atoms with van der Waals surface area (Å²) in [6.45, 7) is 7.15. The number of benzene rings is 2. The first-order chi connectivity index (χ1) is 12.1. The van der Waals surface area contributed by atoms with Crippen LogP contribution < -0.4 is 15.4 Å². The molecule has 0 aromatic heterocycles. The first-order valence-electron chi connectivity index (χ1n) is 8.42. The number of hydrogen-bond acceptors (Lipinski definition) is 4. The van der Waals surface area contributed by atoms with Gasteiger partial charge in [-0.1, -0.05) is 6.07 Å². The third-order valence-electron chi connectivity index (χ3n) is 4.01. The van der Waals surface area contributed by atoms with Gasteiger partial charge in [-0.3, -0.25) is 9.52 Å². The van der Waals surface area contributed by atoms with Gasteiger partial charge in [-0.2, -0.15) is 0 Å². The number of amides is 1. The van der Waals surface area contributed by atoms with Crippen LogP contribution in [0.1, 0.15) is 42.3 Å². The lowest BCUT2D eigenvalue weighted by Gasteiger charge is -2.20. The molecule has 2 aromatic rings. The normalized spacial score (nSPS) is 14.0. The van der Waals surface area contributed by atoms with Crippen LogP contribution in [0.5, 0.6) is 0 Å². The molecule has 0 atom stereocenters. The second-order valence-electron chi connectivity index (χ2n) is 7.42. The zero-order valence-corrected chi connectivity index (χ0v) is 15.9. The number of anilines is 1. The molecule has 26 heavy (non-hydrogen) atoms. The molecule has 0 spiro atoms. The van der Waals surface area contributed by atoms with Gasteiger partial charge in [0.1, 0.15) is 0 Å². The van der Waals surface area contributed by atoms with E-state index in [1.54, 1.807) is 36.4 Å². The average Bonchev–Trinajstić information content (AvgIpc) is 3.01. The van der Waals surface area contributed by atoms with Crippen molar-refractivity contribution in [2.75, 3.05) is 4.72 Å². The molecule has 1 amide bonds. The molecule has 7 heteroatoms. The van der Waals surface area contributed by atoms with Crippen molar-refractivity contribution in [1.29, 1.82) is 0 Å². The van der Waals surface area contributed by atoms with Gasteiger partial charge in [-0.05, 0) is 68.3 Å². The maximum atomic E-state index is 12.6. The summed E-state index contributed by atoms with van der Waals surface area (Å²) < 4.78 is 27.8. The Kier molecular flexibility index (Phi) is 4.77. The Hall–Kier alpha value is -2.38. The fourth-order valence-corrected chi connectivity index (χ4v) is 3.86. The molecular formula is C19H23N3O3S. The van der Waals surface area contributed by atoms with Gasteiger partial charge in [0.2, 0.25) is 0 Å². The highest BCUT2D eigenvalue weighted by molar-refractivity contribution is 7.92. The average molecular weight is 373 g/mol. The third-order valence-corrected chi connectivity index (χ3v) is 5.39. The number of nitrogens with one attached hydrogen (secondary N) is 3. The number of sulfonamides is 1. The maximum Gasteiger partial charge on any atom is 0.261 e. The van der Waals surface area contributed by atoms with Crippen LogP contribution in [0.4, 0.5) is 5.69 Å². The SMILES string of the molecule is CC(C)(C)NC(=O)c1ccc(NS(=O)(=O)c2ccc3c(c2)CNC3)cc1. The van der Waals surface area contributed by atoms with Crippen molar-refractivity contribution in [3.05, 3.63) is 59.2 Å². The third kappa shape index (κ3) is 4.23. The predicted octanol–water partition coefficient (Wildman–Crippen LogP) is 2.62. The number of carbonyl (C=O) groups excluding carboxylic acids is 1. The fourth-order valence-electron chi connectivity index (χ4n) is 2.75. The van der Waals surface area contributed by atoms with E-state index in [0.717, 1.165) is 17.7 Å². The number of carbonyl (C=O) groups is 1. The van der Waals surface area contributed by atoms with E-state index in [1.165, 1.54) is 0 Å². The van der Waals surface area contributed by atoms with Gasteiger partial charge in [0.15, 0.2) is 0 Å². The molecule has 1 aliphatic heterocycles. The number of hydrogen-bond donors (Lipinski definition) is 3. The highest BCUT2D eigenvalue weighted by Gasteiger charge is 2.19. The lowest BCUT2D eigenvalue weighted by atomic mass is 10.1. The minimum absolute atomic E-state index is 0.196. The topological polar surface area (TPSA) is 87.3 Å². The van der Waals surface area contributed by atoms with E-state index in [-0.39, 0.29) is 16.3 Å². The van der Waals surface area contributed by atoms with Crippen LogP contribution in [-0.4, -0.2) is 19.9 Å². The van der Waals surface area contributed by atoms with Crippen LogP contribution in [0.2, 0.25) is 0 Å². The molecule has 1 heterocycles. The van der Waals surface area contributed by atoms with E-state index >= 15 is 0 Å². The molecule has 0 saturated heterocycles. The Labute approximate surface area is 154 Å². The van der Waals surface area contributed by atoms with Gasteiger partial charge in [0.05, 0.1) is 4.90 Å². The predicted molar refractivity (Wildman–Crippen MR) is 101 cm³/mol. The zero-order valence-electron chi connectivity index (χ0n) is 15.1. The second-order valence-corrected chi connectivity index (χ2v) is 9.10. The molecule has 0 bridgehead atoms. The first-order valence-corrected chi connectivity index (χ1v) is 9.90. The summed E-state index contributed by atoms with van der Waals surface area (Å²) in [5, 5.41) is 6.07. The smallest absolute Gasteiger partial charge is 0.261 e. The maximum absolute atomic E-state index is 12.6. The summed E-state index contributed by atoms with van der Waals surface area (Å²) in [6, 6.07) is 11.5. The van der Waals surface area contributed by atoms with E-state index in [0.29, 0.717) is 17.8 Å². The van der Waals surface area contributed by atoms with Crippen LogP contribution in [0.15, 0.2) is 47.4 Å². The van der Waals surface area contributed by atoms with Crippen molar-refractivity contribution in [2.45, 2.75) is 44.3 Å². The molecular weight excluding hydrogens is 350 g/mol. The molecule has 0 radical (unpaired) electrons. The molecule has 3 rings (SSSR count). The summed E-state index contributed by atoms with van der Waals surface area (Å²) in [7, 11) is -3.68. The van der Waals surface area contributed by atoms with Crippen molar-refractivity contribution in [3.8, 4) is 0 Å². The Morgan fingerprint density at radius 2 is 1.65 bits per heavy atom. The van der Waals surface area contributed by atoms with Crippen molar-refractivity contribution < 1.29 is 13.2 Å².